The molecule has 0 heterocycles. The first kappa shape index (κ1) is 23.1. The van der Waals surface area contributed by atoms with Crippen molar-refractivity contribution >= 4 is 23.5 Å². The van der Waals surface area contributed by atoms with Gasteiger partial charge >= 0.3 is 12.1 Å². The van der Waals surface area contributed by atoms with E-state index < -0.39 is 23.6 Å². The van der Waals surface area contributed by atoms with Crippen LogP contribution in [0.3, 0.4) is 0 Å². The van der Waals surface area contributed by atoms with E-state index in [9.17, 15) is 22.8 Å². The van der Waals surface area contributed by atoms with Gasteiger partial charge in [-0.1, -0.05) is 23.7 Å². The lowest BCUT2D eigenvalue weighted by Crippen LogP contribution is -2.23. The van der Waals surface area contributed by atoms with Gasteiger partial charge in [-0.15, -0.1) is 0 Å². The number of benzene rings is 3. The van der Waals surface area contributed by atoms with Crippen LogP contribution in [-0.2, 0) is 23.9 Å². The number of amides is 1. The van der Waals surface area contributed by atoms with Crippen molar-refractivity contribution in [2.45, 2.75) is 19.1 Å². The molecule has 0 atom stereocenters. The monoisotopic (exact) mass is 463 g/mol. The second-order valence-corrected chi connectivity index (χ2v) is 7.27. The van der Waals surface area contributed by atoms with E-state index in [4.69, 9.17) is 21.4 Å². The van der Waals surface area contributed by atoms with Gasteiger partial charge in [0.2, 0.25) is 0 Å². The van der Waals surface area contributed by atoms with Gasteiger partial charge in [-0.2, -0.15) is 13.2 Å². The van der Waals surface area contributed by atoms with E-state index in [0.717, 1.165) is 18.2 Å². The number of alkyl halides is 3. The van der Waals surface area contributed by atoms with E-state index in [0.29, 0.717) is 16.1 Å². The zero-order valence-corrected chi connectivity index (χ0v) is 17.2. The lowest BCUT2D eigenvalue weighted by Gasteiger charge is -2.15. The van der Waals surface area contributed by atoms with E-state index in [1.54, 1.807) is 18.2 Å². The molecular formula is C23H17ClF3NO4. The van der Waals surface area contributed by atoms with Crippen LogP contribution in [0.15, 0.2) is 66.7 Å². The highest BCUT2D eigenvalue weighted by molar-refractivity contribution is 6.30. The Balaban J connectivity index is 1.85. The van der Waals surface area contributed by atoms with Gasteiger partial charge in [-0.3, -0.25) is 9.59 Å². The molecule has 0 saturated heterocycles. The summed E-state index contributed by atoms with van der Waals surface area (Å²) in [4.78, 5) is 23.3. The number of ether oxygens (including phenoxy) is 1. The van der Waals surface area contributed by atoms with Crippen LogP contribution in [0.5, 0.6) is 11.5 Å². The largest absolute Gasteiger partial charge is 0.481 e. The molecular weight excluding hydrogens is 447 g/mol. The number of carboxylic acids is 1. The summed E-state index contributed by atoms with van der Waals surface area (Å²) in [6.45, 7) is -0.227. The Morgan fingerprint density at radius 3 is 2.38 bits per heavy atom. The number of halogens is 4. The number of aliphatic carboxylic acids is 1. The molecule has 2 N–H and O–H groups in total. The Bertz CT molecular complexity index is 1130. The molecule has 0 aliphatic carbocycles. The number of carbonyl (C=O) groups is 2. The second kappa shape index (κ2) is 9.74. The molecule has 0 bridgehead atoms. The van der Waals surface area contributed by atoms with Crippen LogP contribution >= 0.6 is 11.6 Å². The Labute approximate surface area is 186 Å². The van der Waals surface area contributed by atoms with Crippen LogP contribution in [0.4, 0.5) is 13.2 Å². The Morgan fingerprint density at radius 1 is 1.00 bits per heavy atom. The predicted octanol–water partition coefficient (Wildman–Crippen LogP) is 5.71. The van der Waals surface area contributed by atoms with Crippen molar-refractivity contribution in [3.8, 4) is 11.5 Å². The Morgan fingerprint density at radius 2 is 1.72 bits per heavy atom. The van der Waals surface area contributed by atoms with Gasteiger partial charge in [-0.05, 0) is 60.2 Å². The van der Waals surface area contributed by atoms with Gasteiger partial charge < -0.3 is 15.2 Å². The maximum Gasteiger partial charge on any atom is 0.416 e. The van der Waals surface area contributed by atoms with E-state index >= 15 is 0 Å². The molecule has 9 heteroatoms. The highest BCUT2D eigenvalue weighted by Crippen LogP contribution is 2.34. The van der Waals surface area contributed by atoms with E-state index in [-0.39, 0.29) is 30.0 Å². The van der Waals surface area contributed by atoms with Crippen molar-refractivity contribution in [2.75, 3.05) is 0 Å². The molecule has 0 spiro atoms. The summed E-state index contributed by atoms with van der Waals surface area (Å²) in [7, 11) is 0. The Hall–Kier alpha value is -3.52. The lowest BCUT2D eigenvalue weighted by molar-refractivity contribution is -0.138. The van der Waals surface area contributed by atoms with E-state index in [1.807, 2.05) is 0 Å². The van der Waals surface area contributed by atoms with Crippen molar-refractivity contribution in [2.24, 2.45) is 0 Å². The zero-order chi connectivity index (χ0) is 23.3. The summed E-state index contributed by atoms with van der Waals surface area (Å²) >= 11 is 5.80. The average molecular weight is 464 g/mol. The number of carboxylic acid groups (broad SMARTS) is 1. The smallest absolute Gasteiger partial charge is 0.416 e. The molecule has 166 valence electrons. The van der Waals surface area contributed by atoms with Crippen LogP contribution in [0.25, 0.3) is 0 Å². The molecule has 0 aromatic heterocycles. The molecule has 0 unspecified atom stereocenters. The number of hydrogen-bond acceptors (Lipinski definition) is 3. The summed E-state index contributed by atoms with van der Waals surface area (Å²) in [5, 5.41) is 11.9. The van der Waals surface area contributed by atoms with Crippen molar-refractivity contribution in [1.82, 2.24) is 5.32 Å². The summed E-state index contributed by atoms with van der Waals surface area (Å²) < 4.78 is 45.3. The number of carbonyl (C=O) groups excluding carboxylic acids is 1. The van der Waals surface area contributed by atoms with E-state index in [1.165, 1.54) is 30.3 Å². The van der Waals surface area contributed by atoms with Crippen molar-refractivity contribution in [3.63, 3.8) is 0 Å². The van der Waals surface area contributed by atoms with Crippen LogP contribution < -0.4 is 10.1 Å². The minimum Gasteiger partial charge on any atom is -0.481 e. The predicted molar refractivity (Wildman–Crippen MR) is 112 cm³/mol. The normalized spacial score (nSPS) is 11.1. The summed E-state index contributed by atoms with van der Waals surface area (Å²) in [6, 6.07) is 15.2. The van der Waals surface area contributed by atoms with Crippen LogP contribution in [0, 0.1) is 0 Å². The van der Waals surface area contributed by atoms with Gasteiger partial charge in [0.05, 0.1) is 12.0 Å². The molecule has 5 nitrogen and oxygen atoms in total. The third kappa shape index (κ3) is 6.24. The van der Waals surface area contributed by atoms with Crippen LogP contribution in [0.1, 0.15) is 27.0 Å². The van der Waals surface area contributed by atoms with Crippen molar-refractivity contribution < 1.29 is 32.6 Å². The molecule has 0 radical (unpaired) electrons. The molecule has 0 fully saturated rings. The lowest BCUT2D eigenvalue weighted by atomic mass is 10.1. The highest BCUT2D eigenvalue weighted by Gasteiger charge is 2.31. The molecule has 3 rings (SSSR count). The summed E-state index contributed by atoms with van der Waals surface area (Å²) in [5.41, 5.74) is -0.0179. The minimum atomic E-state index is -4.57. The molecule has 3 aromatic carbocycles. The second-order valence-electron chi connectivity index (χ2n) is 6.83. The number of rotatable bonds is 7. The minimum absolute atomic E-state index is 0.0990. The topological polar surface area (TPSA) is 75.6 Å². The maximum atomic E-state index is 13.2. The highest BCUT2D eigenvalue weighted by atomic mass is 35.5. The Kier molecular flexibility index (Phi) is 7.05. The molecule has 1 amide bonds. The van der Waals surface area contributed by atoms with Gasteiger partial charge in [0.1, 0.15) is 11.5 Å². The van der Waals surface area contributed by atoms with Gasteiger partial charge in [0.25, 0.3) is 5.91 Å². The first-order valence-electron chi connectivity index (χ1n) is 9.34. The van der Waals surface area contributed by atoms with E-state index in [2.05, 4.69) is 5.32 Å². The summed E-state index contributed by atoms with van der Waals surface area (Å²) in [5.74, 6) is -1.16. The van der Waals surface area contributed by atoms with Gasteiger partial charge in [0.15, 0.2) is 0 Å². The molecule has 0 aliphatic heterocycles. The average Bonchev–Trinajstić information content (AvgIpc) is 2.72. The fraction of sp³-hybridized carbons (Fsp3) is 0.130. The quantitative estimate of drug-likeness (QED) is 0.470. The first-order chi connectivity index (χ1) is 15.1. The fourth-order valence-corrected chi connectivity index (χ4v) is 3.02. The number of hydrogen-bond donors (Lipinski definition) is 2. The molecule has 3 aromatic rings. The van der Waals surface area contributed by atoms with Crippen molar-refractivity contribution in [3.05, 3.63) is 94.0 Å². The zero-order valence-electron chi connectivity index (χ0n) is 16.4. The van der Waals surface area contributed by atoms with Crippen LogP contribution in [0.2, 0.25) is 5.02 Å². The third-order valence-electron chi connectivity index (χ3n) is 4.42. The fourth-order valence-electron chi connectivity index (χ4n) is 2.89. The maximum absolute atomic E-state index is 13.2. The van der Waals surface area contributed by atoms with Crippen LogP contribution in [-0.4, -0.2) is 17.0 Å². The number of nitrogens with one attached hydrogen (secondary N) is 1. The summed E-state index contributed by atoms with van der Waals surface area (Å²) in [6.07, 6.45) is -4.80. The van der Waals surface area contributed by atoms with Gasteiger partial charge in [0, 0.05) is 22.7 Å². The molecule has 32 heavy (non-hydrogen) atoms. The molecule has 0 aliphatic rings. The van der Waals surface area contributed by atoms with Crippen molar-refractivity contribution in [1.29, 1.82) is 0 Å². The third-order valence-corrected chi connectivity index (χ3v) is 4.67. The standard InChI is InChI=1S/C23H17ClF3NO4/c24-18-7-4-15(5-8-18)22(31)28-13-16-12-17(23(25,26)27)6-9-20(16)32-19-3-1-2-14(10-19)11-21(29)30/h1-10,12H,11,13H2,(H,28,31)(H,29,30). The SMILES string of the molecule is O=C(O)Cc1cccc(Oc2ccc(C(F)(F)F)cc2CNC(=O)c2ccc(Cl)cc2)c1. The van der Waals surface area contributed by atoms with Gasteiger partial charge in [-0.25, -0.2) is 0 Å². The first-order valence-corrected chi connectivity index (χ1v) is 9.72. The molecule has 0 saturated carbocycles.